The second-order valence-corrected chi connectivity index (χ2v) is 5.02. The van der Waals surface area contributed by atoms with Crippen LogP contribution in [-0.4, -0.2) is 20.4 Å². The molecule has 0 spiro atoms. The van der Waals surface area contributed by atoms with Crippen molar-refractivity contribution in [3.05, 3.63) is 41.0 Å². The molecule has 0 aliphatic heterocycles. The van der Waals surface area contributed by atoms with E-state index in [2.05, 4.69) is 47.8 Å². The van der Waals surface area contributed by atoms with E-state index in [1.54, 1.807) is 6.20 Å². The molecule has 0 fully saturated rings. The Kier molecular flexibility index (Phi) is 2.94. The van der Waals surface area contributed by atoms with Gasteiger partial charge in [0, 0.05) is 18.8 Å². The largest absolute Gasteiger partial charge is 0.308 e. The zero-order valence-corrected chi connectivity index (χ0v) is 10.9. The van der Waals surface area contributed by atoms with Crippen LogP contribution in [0.4, 0.5) is 0 Å². The summed E-state index contributed by atoms with van der Waals surface area (Å²) in [6.07, 6.45) is 12.3. The second-order valence-electron chi connectivity index (χ2n) is 4.21. The first-order valence-electron chi connectivity index (χ1n) is 5.69. The molecule has 2 aromatic heterocycles. The molecule has 0 saturated carbocycles. The average molecular weight is 293 g/mol. The van der Waals surface area contributed by atoms with Crippen molar-refractivity contribution in [3.8, 4) is 0 Å². The fourth-order valence-electron chi connectivity index (χ4n) is 2.08. The molecule has 88 valence electrons. The van der Waals surface area contributed by atoms with Crippen LogP contribution in [0, 0.1) is 0 Å². The summed E-state index contributed by atoms with van der Waals surface area (Å²) in [5, 5.41) is 3.54. The molecule has 2 aromatic rings. The smallest absolute Gasteiger partial charge is 0.155 e. The quantitative estimate of drug-likeness (QED) is 0.883. The van der Waals surface area contributed by atoms with Gasteiger partial charge in [0.05, 0.1) is 18.1 Å². The molecule has 0 unspecified atom stereocenters. The highest BCUT2D eigenvalue weighted by Gasteiger charge is 2.10. The van der Waals surface area contributed by atoms with E-state index < -0.39 is 0 Å². The van der Waals surface area contributed by atoms with Crippen LogP contribution < -0.4 is 5.32 Å². The fourth-order valence-corrected chi connectivity index (χ4v) is 2.39. The minimum absolute atomic E-state index is 0.575. The van der Waals surface area contributed by atoms with E-state index in [1.807, 2.05) is 12.4 Å². The van der Waals surface area contributed by atoms with Gasteiger partial charge in [-0.05, 0) is 28.8 Å². The van der Waals surface area contributed by atoms with Gasteiger partial charge in [-0.1, -0.05) is 12.2 Å². The number of hydrogen-bond donors (Lipinski definition) is 1. The average Bonchev–Trinajstić information content (AvgIpc) is 2.94. The maximum Gasteiger partial charge on any atom is 0.155 e. The minimum Gasteiger partial charge on any atom is -0.308 e. The standard InChI is InChI=1S/C12H13BrN4/c13-11-8-17-10(6-16-12(17)7-15-11)5-14-9-3-1-2-4-9/h1-2,6-9,14H,3-5H2. The molecule has 1 N–H and O–H groups in total. The molecule has 0 amide bonds. The third kappa shape index (κ3) is 2.25. The van der Waals surface area contributed by atoms with Crippen LogP contribution >= 0.6 is 15.9 Å². The normalized spacial score (nSPS) is 16.1. The molecule has 17 heavy (non-hydrogen) atoms. The number of imidazole rings is 1. The Morgan fingerprint density at radius 2 is 2.12 bits per heavy atom. The Hall–Kier alpha value is -1.20. The SMILES string of the molecule is Brc1cn2c(CNC3CC=CC3)cnc2cn1. The number of nitrogens with zero attached hydrogens (tertiary/aromatic N) is 3. The van der Waals surface area contributed by atoms with Gasteiger partial charge in [0.1, 0.15) is 4.60 Å². The topological polar surface area (TPSA) is 42.2 Å². The number of hydrogen-bond acceptors (Lipinski definition) is 3. The van der Waals surface area contributed by atoms with E-state index in [4.69, 9.17) is 0 Å². The summed E-state index contributed by atoms with van der Waals surface area (Å²) in [5.74, 6) is 0. The highest BCUT2D eigenvalue weighted by Crippen LogP contribution is 2.13. The molecule has 2 heterocycles. The van der Waals surface area contributed by atoms with Gasteiger partial charge in [-0.25, -0.2) is 9.97 Å². The molecule has 0 saturated heterocycles. The molecule has 4 nitrogen and oxygen atoms in total. The summed E-state index contributed by atoms with van der Waals surface area (Å²) in [4.78, 5) is 8.49. The third-order valence-electron chi connectivity index (χ3n) is 3.02. The number of rotatable bonds is 3. The van der Waals surface area contributed by atoms with E-state index in [9.17, 15) is 0 Å². The van der Waals surface area contributed by atoms with Gasteiger partial charge in [-0.2, -0.15) is 0 Å². The van der Waals surface area contributed by atoms with Crippen molar-refractivity contribution in [2.75, 3.05) is 0 Å². The molecular weight excluding hydrogens is 280 g/mol. The van der Waals surface area contributed by atoms with Crippen LogP contribution in [0.5, 0.6) is 0 Å². The Balaban J connectivity index is 1.78. The highest BCUT2D eigenvalue weighted by molar-refractivity contribution is 9.10. The van der Waals surface area contributed by atoms with E-state index in [-0.39, 0.29) is 0 Å². The predicted molar refractivity (Wildman–Crippen MR) is 69.7 cm³/mol. The summed E-state index contributed by atoms with van der Waals surface area (Å²) in [6.45, 7) is 0.837. The zero-order chi connectivity index (χ0) is 11.7. The first kappa shape index (κ1) is 10.9. The molecule has 1 aliphatic rings. The monoisotopic (exact) mass is 292 g/mol. The third-order valence-corrected chi connectivity index (χ3v) is 3.43. The molecule has 0 radical (unpaired) electrons. The highest BCUT2D eigenvalue weighted by atomic mass is 79.9. The summed E-state index contributed by atoms with van der Waals surface area (Å²) in [6, 6.07) is 0.575. The molecule has 0 aromatic carbocycles. The van der Waals surface area contributed by atoms with Crippen LogP contribution in [0.1, 0.15) is 18.5 Å². The molecule has 0 atom stereocenters. The van der Waals surface area contributed by atoms with Crippen LogP contribution in [0.25, 0.3) is 5.65 Å². The number of halogens is 1. The summed E-state index contributed by atoms with van der Waals surface area (Å²) < 4.78 is 2.89. The predicted octanol–water partition coefficient (Wildman–Crippen LogP) is 2.30. The first-order chi connectivity index (χ1) is 8.33. The van der Waals surface area contributed by atoms with Gasteiger partial charge in [0.25, 0.3) is 0 Å². The van der Waals surface area contributed by atoms with E-state index in [0.717, 1.165) is 35.3 Å². The van der Waals surface area contributed by atoms with Crippen LogP contribution in [-0.2, 0) is 6.54 Å². The number of aromatic nitrogens is 3. The molecular formula is C12H13BrN4. The van der Waals surface area contributed by atoms with Crippen molar-refractivity contribution >= 4 is 21.6 Å². The van der Waals surface area contributed by atoms with Gasteiger partial charge in [0.2, 0.25) is 0 Å². The van der Waals surface area contributed by atoms with Crippen molar-refractivity contribution in [2.45, 2.75) is 25.4 Å². The van der Waals surface area contributed by atoms with Crippen molar-refractivity contribution in [2.24, 2.45) is 0 Å². The fraction of sp³-hybridized carbons (Fsp3) is 0.333. The molecule has 0 bridgehead atoms. The number of fused-ring (bicyclic) bond motifs is 1. The summed E-state index contributed by atoms with van der Waals surface area (Å²) in [7, 11) is 0. The molecule has 1 aliphatic carbocycles. The van der Waals surface area contributed by atoms with E-state index in [0.29, 0.717) is 6.04 Å². The lowest BCUT2D eigenvalue weighted by Gasteiger charge is -2.11. The van der Waals surface area contributed by atoms with E-state index >= 15 is 0 Å². The van der Waals surface area contributed by atoms with Crippen molar-refractivity contribution < 1.29 is 0 Å². The van der Waals surface area contributed by atoms with Crippen molar-refractivity contribution in [1.29, 1.82) is 0 Å². The molecule has 3 rings (SSSR count). The second kappa shape index (κ2) is 4.58. The lowest BCUT2D eigenvalue weighted by atomic mass is 10.2. The van der Waals surface area contributed by atoms with Gasteiger partial charge < -0.3 is 5.32 Å². The summed E-state index contributed by atoms with van der Waals surface area (Å²) in [5.41, 5.74) is 2.05. The van der Waals surface area contributed by atoms with Gasteiger partial charge >= 0.3 is 0 Å². The maximum absolute atomic E-state index is 4.33. The van der Waals surface area contributed by atoms with E-state index in [1.165, 1.54) is 0 Å². The number of nitrogens with one attached hydrogen (secondary N) is 1. The lowest BCUT2D eigenvalue weighted by Crippen LogP contribution is -2.26. The van der Waals surface area contributed by atoms with Crippen molar-refractivity contribution in [1.82, 2.24) is 19.7 Å². The Morgan fingerprint density at radius 3 is 2.94 bits per heavy atom. The van der Waals surface area contributed by atoms with Gasteiger partial charge in [-0.3, -0.25) is 4.40 Å². The van der Waals surface area contributed by atoms with Gasteiger partial charge in [0.15, 0.2) is 5.65 Å². The Morgan fingerprint density at radius 1 is 1.29 bits per heavy atom. The van der Waals surface area contributed by atoms with Crippen LogP contribution in [0.2, 0.25) is 0 Å². The van der Waals surface area contributed by atoms with Gasteiger partial charge in [-0.15, -0.1) is 0 Å². The van der Waals surface area contributed by atoms with Crippen LogP contribution in [0.15, 0.2) is 35.3 Å². The van der Waals surface area contributed by atoms with Crippen LogP contribution in [0.3, 0.4) is 0 Å². The van der Waals surface area contributed by atoms with Crippen molar-refractivity contribution in [3.63, 3.8) is 0 Å². The minimum atomic E-state index is 0.575. The Bertz CT molecular complexity index is 553. The Labute approximate surface area is 108 Å². The summed E-state index contributed by atoms with van der Waals surface area (Å²) >= 11 is 3.38. The first-order valence-corrected chi connectivity index (χ1v) is 6.48. The zero-order valence-electron chi connectivity index (χ0n) is 9.31. The molecule has 5 heteroatoms. The lowest BCUT2D eigenvalue weighted by molar-refractivity contribution is 0.531. The maximum atomic E-state index is 4.33.